The monoisotopic (exact) mass is 326 g/mol. The second kappa shape index (κ2) is 4.90. The first-order valence-electron chi connectivity index (χ1n) is 7.43. The Hall–Kier alpha value is -2.19. The third kappa shape index (κ3) is 2.87. The summed E-state index contributed by atoms with van der Waals surface area (Å²) in [5, 5.41) is 11.7. The molecule has 0 bridgehead atoms. The number of nitrogens with zero attached hydrogens (tertiary/aromatic N) is 4. The molecule has 4 rings (SSSR count). The fourth-order valence-electron chi connectivity index (χ4n) is 2.41. The molecular formula is C14H13F3N4O2. The maximum Gasteiger partial charge on any atom is 0.421 e. The lowest BCUT2D eigenvalue weighted by Gasteiger charge is -2.11. The van der Waals surface area contributed by atoms with Crippen LogP contribution in [0.25, 0.3) is 0 Å². The van der Waals surface area contributed by atoms with Gasteiger partial charge in [-0.25, -0.2) is 4.68 Å². The van der Waals surface area contributed by atoms with Crippen LogP contribution in [0.1, 0.15) is 60.6 Å². The number of hydrogen-bond acceptors (Lipinski definition) is 5. The Kier molecular flexibility index (Phi) is 3.07. The highest BCUT2D eigenvalue weighted by atomic mass is 19.4. The molecule has 2 aliphatic carbocycles. The molecule has 23 heavy (non-hydrogen) atoms. The van der Waals surface area contributed by atoms with E-state index in [0.717, 1.165) is 36.4 Å². The largest absolute Gasteiger partial charge is 0.423 e. The Morgan fingerprint density at radius 1 is 1.17 bits per heavy atom. The van der Waals surface area contributed by atoms with Crippen LogP contribution in [0.3, 0.4) is 0 Å². The maximum absolute atomic E-state index is 13.1. The van der Waals surface area contributed by atoms with E-state index in [1.165, 1.54) is 0 Å². The molecular weight excluding hydrogens is 313 g/mol. The Labute approximate surface area is 128 Å². The molecule has 122 valence electrons. The average Bonchev–Trinajstić information content (AvgIpc) is 3.38. The molecule has 0 aromatic carbocycles. The minimum absolute atomic E-state index is 0.00680. The van der Waals surface area contributed by atoms with Crippen LogP contribution in [0.2, 0.25) is 0 Å². The fraction of sp³-hybridized carbons (Fsp3) is 0.571. The molecule has 0 aliphatic heterocycles. The van der Waals surface area contributed by atoms with E-state index in [1.54, 1.807) is 0 Å². The third-order valence-corrected chi connectivity index (χ3v) is 3.99. The molecule has 6 nitrogen and oxygen atoms in total. The van der Waals surface area contributed by atoms with Gasteiger partial charge >= 0.3 is 6.18 Å². The summed E-state index contributed by atoms with van der Waals surface area (Å²) in [7, 11) is 0. The van der Waals surface area contributed by atoms with Crippen LogP contribution >= 0.6 is 0 Å². The van der Waals surface area contributed by atoms with Crippen LogP contribution in [0.15, 0.2) is 15.3 Å². The zero-order chi connectivity index (χ0) is 16.2. The number of rotatable bonds is 4. The molecule has 2 saturated carbocycles. The van der Waals surface area contributed by atoms with Gasteiger partial charge < -0.3 is 4.42 Å². The second-order valence-corrected chi connectivity index (χ2v) is 6.03. The lowest BCUT2D eigenvalue weighted by atomic mass is 10.2. The van der Waals surface area contributed by atoms with Crippen molar-refractivity contribution in [3.63, 3.8) is 0 Å². The van der Waals surface area contributed by atoms with Gasteiger partial charge in [0.05, 0.1) is 5.69 Å². The van der Waals surface area contributed by atoms with Gasteiger partial charge in [0.1, 0.15) is 12.1 Å². The number of halogens is 3. The van der Waals surface area contributed by atoms with Crippen molar-refractivity contribution in [2.24, 2.45) is 0 Å². The first-order chi connectivity index (χ1) is 10.9. The smallest absolute Gasteiger partial charge is 0.421 e. The summed E-state index contributed by atoms with van der Waals surface area (Å²) in [4.78, 5) is 12.1. The summed E-state index contributed by atoms with van der Waals surface area (Å²) < 4.78 is 45.4. The summed E-state index contributed by atoms with van der Waals surface area (Å²) in [5.41, 5.74) is -2.09. The molecule has 0 N–H and O–H groups in total. The lowest BCUT2D eigenvalue weighted by molar-refractivity contribution is -0.139. The second-order valence-electron chi connectivity index (χ2n) is 6.03. The van der Waals surface area contributed by atoms with Crippen molar-refractivity contribution in [3.8, 4) is 0 Å². The summed E-state index contributed by atoms with van der Waals surface area (Å²) in [6, 6.07) is 0.861. The highest BCUT2D eigenvalue weighted by molar-refractivity contribution is 5.22. The number of aromatic nitrogens is 4. The minimum Gasteiger partial charge on any atom is -0.423 e. The molecule has 2 aromatic rings. The highest BCUT2D eigenvalue weighted by Gasteiger charge is 2.38. The van der Waals surface area contributed by atoms with Gasteiger partial charge in [0.25, 0.3) is 5.56 Å². The Morgan fingerprint density at radius 2 is 1.87 bits per heavy atom. The quantitative estimate of drug-likeness (QED) is 0.863. The first-order valence-corrected chi connectivity index (χ1v) is 7.43. The molecule has 0 atom stereocenters. The van der Waals surface area contributed by atoms with Gasteiger partial charge in [0.2, 0.25) is 11.8 Å². The molecule has 2 heterocycles. The molecule has 0 radical (unpaired) electrons. The van der Waals surface area contributed by atoms with Crippen LogP contribution in [0.5, 0.6) is 0 Å². The lowest BCUT2D eigenvalue weighted by Crippen LogP contribution is -2.31. The van der Waals surface area contributed by atoms with Gasteiger partial charge in [0.15, 0.2) is 0 Å². The molecule has 2 aliphatic rings. The van der Waals surface area contributed by atoms with Gasteiger partial charge in [0, 0.05) is 11.8 Å². The Balaban J connectivity index is 1.70. The predicted molar refractivity (Wildman–Crippen MR) is 70.8 cm³/mol. The van der Waals surface area contributed by atoms with E-state index < -0.39 is 17.3 Å². The van der Waals surface area contributed by atoms with Crippen LogP contribution in [-0.4, -0.2) is 20.0 Å². The molecule has 0 saturated heterocycles. The Morgan fingerprint density at radius 3 is 2.48 bits per heavy atom. The average molecular weight is 326 g/mol. The summed E-state index contributed by atoms with van der Waals surface area (Å²) in [5.74, 6) is 0.808. The molecule has 0 spiro atoms. The van der Waals surface area contributed by atoms with Crippen molar-refractivity contribution in [1.82, 2.24) is 20.0 Å². The van der Waals surface area contributed by atoms with Crippen molar-refractivity contribution in [2.45, 2.75) is 50.2 Å². The van der Waals surface area contributed by atoms with Crippen molar-refractivity contribution in [2.75, 3.05) is 0 Å². The Bertz CT molecular complexity index is 803. The van der Waals surface area contributed by atoms with E-state index in [4.69, 9.17) is 4.42 Å². The molecule has 9 heteroatoms. The van der Waals surface area contributed by atoms with Crippen molar-refractivity contribution >= 4 is 0 Å². The third-order valence-electron chi connectivity index (χ3n) is 3.99. The van der Waals surface area contributed by atoms with E-state index in [0.29, 0.717) is 11.6 Å². The SMILES string of the molecule is O=c1c(C(F)(F)F)cc(C2CC2)nn1Cc1nnc(C2CC2)o1. The zero-order valence-corrected chi connectivity index (χ0v) is 12.0. The van der Waals surface area contributed by atoms with Crippen molar-refractivity contribution in [3.05, 3.63) is 39.5 Å². The van der Waals surface area contributed by atoms with Crippen molar-refractivity contribution < 1.29 is 17.6 Å². The van der Waals surface area contributed by atoms with E-state index in [-0.39, 0.29) is 24.3 Å². The summed E-state index contributed by atoms with van der Waals surface area (Å²) in [6.07, 6.45) is -1.20. The summed E-state index contributed by atoms with van der Waals surface area (Å²) >= 11 is 0. The zero-order valence-electron chi connectivity index (χ0n) is 12.0. The molecule has 0 amide bonds. The molecule has 0 unspecified atom stereocenters. The van der Waals surface area contributed by atoms with Crippen LogP contribution in [0.4, 0.5) is 13.2 Å². The number of alkyl halides is 3. The topological polar surface area (TPSA) is 73.8 Å². The van der Waals surface area contributed by atoms with Gasteiger partial charge in [-0.15, -0.1) is 10.2 Å². The van der Waals surface area contributed by atoms with Gasteiger partial charge in [-0.3, -0.25) is 4.79 Å². The normalized spacial score (nSPS) is 18.4. The van der Waals surface area contributed by atoms with E-state index in [9.17, 15) is 18.0 Å². The van der Waals surface area contributed by atoms with Crippen molar-refractivity contribution in [1.29, 1.82) is 0 Å². The standard InChI is InChI=1S/C14H13F3N4O2/c15-14(16,17)9-5-10(7-1-2-7)20-21(13(9)22)6-11-18-19-12(23-11)8-3-4-8/h5,7-8H,1-4,6H2. The van der Waals surface area contributed by atoms with Crippen LogP contribution in [0, 0.1) is 0 Å². The van der Waals surface area contributed by atoms with Crippen LogP contribution < -0.4 is 5.56 Å². The first kappa shape index (κ1) is 14.4. The molecule has 2 aromatic heterocycles. The maximum atomic E-state index is 13.1. The number of hydrogen-bond donors (Lipinski definition) is 0. The summed E-state index contributed by atoms with van der Waals surface area (Å²) in [6.45, 7) is -0.248. The van der Waals surface area contributed by atoms with Crippen LogP contribution in [-0.2, 0) is 12.7 Å². The van der Waals surface area contributed by atoms with E-state index >= 15 is 0 Å². The van der Waals surface area contributed by atoms with Gasteiger partial charge in [-0.1, -0.05) is 0 Å². The molecule has 2 fully saturated rings. The predicted octanol–water partition coefficient (Wildman–Crippen LogP) is 2.45. The highest BCUT2D eigenvalue weighted by Crippen LogP contribution is 2.40. The van der Waals surface area contributed by atoms with E-state index in [1.807, 2.05) is 0 Å². The van der Waals surface area contributed by atoms with Gasteiger partial charge in [-0.2, -0.15) is 18.3 Å². The fourth-order valence-corrected chi connectivity index (χ4v) is 2.41. The van der Waals surface area contributed by atoms with Gasteiger partial charge in [-0.05, 0) is 31.7 Å². The van der Waals surface area contributed by atoms with E-state index in [2.05, 4.69) is 15.3 Å². The minimum atomic E-state index is -4.71.